The van der Waals surface area contributed by atoms with Crippen molar-refractivity contribution in [3.8, 4) is 11.8 Å². The van der Waals surface area contributed by atoms with E-state index >= 15 is 0 Å². The molecule has 0 spiro atoms. The van der Waals surface area contributed by atoms with Crippen molar-refractivity contribution in [2.75, 3.05) is 0 Å². The van der Waals surface area contributed by atoms with Gasteiger partial charge in [0.2, 0.25) is 0 Å². The van der Waals surface area contributed by atoms with Gasteiger partial charge in [-0.15, -0.1) is 0 Å². The zero-order valence-electron chi connectivity index (χ0n) is 15.8. The molecule has 2 aromatic carbocycles. The van der Waals surface area contributed by atoms with Crippen LogP contribution >= 0.6 is 12.2 Å². The highest BCUT2D eigenvalue weighted by Crippen LogP contribution is 2.29. The van der Waals surface area contributed by atoms with Gasteiger partial charge in [0.1, 0.15) is 5.69 Å². The van der Waals surface area contributed by atoms with E-state index in [-0.39, 0.29) is 5.56 Å². The maximum Gasteiger partial charge on any atom is 0.153 e. The van der Waals surface area contributed by atoms with Gasteiger partial charge in [-0.05, 0) is 66.9 Å². The number of hydrogen-bond donors (Lipinski definition) is 0. The third kappa shape index (κ3) is 5.01. The molecule has 3 rings (SSSR count). The summed E-state index contributed by atoms with van der Waals surface area (Å²) in [5.41, 5.74) is 4.64. The minimum absolute atomic E-state index is 0.258. The number of fused-ring (bicyclic) bond motifs is 1. The number of halogens is 2. The van der Waals surface area contributed by atoms with E-state index in [1.165, 1.54) is 42.4 Å². The summed E-state index contributed by atoms with van der Waals surface area (Å²) >= 11 is 4.40. The zero-order valence-corrected chi connectivity index (χ0v) is 16.6. The third-order valence-electron chi connectivity index (χ3n) is 4.80. The van der Waals surface area contributed by atoms with Gasteiger partial charge < -0.3 is 0 Å². The number of nitrogens with zero attached hydrogens (tertiary/aromatic N) is 1. The first-order chi connectivity index (χ1) is 13.6. The second kappa shape index (κ2) is 9.55. The van der Waals surface area contributed by atoms with Crippen molar-refractivity contribution in [2.24, 2.45) is 4.99 Å². The topological polar surface area (TPSA) is 12.4 Å². The number of allylic oxidation sites excluding steroid dienone is 1. The van der Waals surface area contributed by atoms with Gasteiger partial charge in [0.05, 0.1) is 5.16 Å². The average Bonchev–Trinajstić information content (AvgIpc) is 3.08. The number of isothiocyanates is 1. The fourth-order valence-corrected chi connectivity index (χ4v) is 3.46. The van der Waals surface area contributed by atoms with Gasteiger partial charge in [0.15, 0.2) is 11.6 Å². The van der Waals surface area contributed by atoms with Gasteiger partial charge in [0, 0.05) is 11.1 Å². The van der Waals surface area contributed by atoms with Crippen LogP contribution in [0.15, 0.2) is 40.9 Å². The highest BCUT2D eigenvalue weighted by atomic mass is 32.1. The largest absolute Gasteiger partial charge is 0.204 e. The number of aliphatic imine (C=N–C) groups is 1. The SMILES string of the molecule is CCCCCCC1=Cc2ccc(C#Cc3cc(F)c(N=C=S)c(F)c3)cc2C1. The fourth-order valence-electron chi connectivity index (χ4n) is 3.37. The Morgan fingerprint density at radius 3 is 2.46 bits per heavy atom. The molecule has 28 heavy (non-hydrogen) atoms. The van der Waals surface area contributed by atoms with Crippen LogP contribution in [0.2, 0.25) is 0 Å². The Labute approximate surface area is 170 Å². The van der Waals surface area contributed by atoms with Crippen molar-refractivity contribution in [1.82, 2.24) is 0 Å². The molecule has 1 aliphatic carbocycles. The molecule has 0 amide bonds. The molecule has 0 radical (unpaired) electrons. The second-order valence-corrected chi connectivity index (χ2v) is 7.13. The van der Waals surface area contributed by atoms with Crippen LogP contribution in [0.4, 0.5) is 14.5 Å². The molecule has 0 fully saturated rings. The molecule has 1 nitrogen and oxygen atoms in total. The minimum atomic E-state index is -0.799. The van der Waals surface area contributed by atoms with E-state index in [0.29, 0.717) is 0 Å². The van der Waals surface area contributed by atoms with Crippen LogP contribution in [0.1, 0.15) is 61.3 Å². The number of hydrogen-bond acceptors (Lipinski definition) is 2. The van der Waals surface area contributed by atoms with Crippen molar-refractivity contribution < 1.29 is 8.78 Å². The lowest BCUT2D eigenvalue weighted by atomic mass is 10.0. The van der Waals surface area contributed by atoms with Crippen LogP contribution < -0.4 is 0 Å². The standard InChI is InChI=1S/C24H21F2NS/c1-2-3-4-5-6-18-12-20-10-9-17(11-21(20)13-18)7-8-19-14-22(25)24(27-16-28)23(26)15-19/h9-12,14-15H,2-6,13H2,1H3. The zero-order chi connectivity index (χ0) is 19.9. The fraction of sp³-hybridized carbons (Fsp3) is 0.292. The molecular formula is C24H21F2NS. The average molecular weight is 394 g/mol. The maximum atomic E-state index is 13.9. The molecule has 2 aromatic rings. The lowest BCUT2D eigenvalue weighted by Gasteiger charge is -2.02. The number of thiocarbonyl (C=S) groups is 1. The van der Waals surface area contributed by atoms with Gasteiger partial charge in [-0.3, -0.25) is 0 Å². The molecule has 142 valence electrons. The Kier molecular flexibility index (Phi) is 6.87. The molecular weight excluding hydrogens is 372 g/mol. The summed E-state index contributed by atoms with van der Waals surface area (Å²) in [6, 6.07) is 8.39. The van der Waals surface area contributed by atoms with Crippen molar-refractivity contribution >= 4 is 29.1 Å². The van der Waals surface area contributed by atoms with Crippen molar-refractivity contribution in [3.63, 3.8) is 0 Å². The summed E-state index contributed by atoms with van der Waals surface area (Å²) in [5, 5.41) is 1.98. The van der Waals surface area contributed by atoms with Crippen LogP contribution in [0.3, 0.4) is 0 Å². The monoisotopic (exact) mass is 393 g/mol. The van der Waals surface area contributed by atoms with Crippen molar-refractivity contribution in [1.29, 1.82) is 0 Å². The summed E-state index contributed by atoms with van der Waals surface area (Å²) in [6.07, 6.45) is 9.44. The molecule has 4 heteroatoms. The van der Waals surface area contributed by atoms with E-state index in [1.54, 1.807) is 0 Å². The molecule has 0 aromatic heterocycles. The Morgan fingerprint density at radius 2 is 1.75 bits per heavy atom. The van der Waals surface area contributed by atoms with Crippen LogP contribution in [0, 0.1) is 23.5 Å². The van der Waals surface area contributed by atoms with E-state index in [9.17, 15) is 8.78 Å². The Hall–Kier alpha value is -2.60. The number of benzene rings is 2. The molecule has 0 unspecified atom stereocenters. The highest BCUT2D eigenvalue weighted by molar-refractivity contribution is 7.78. The van der Waals surface area contributed by atoms with Crippen LogP contribution in [-0.2, 0) is 6.42 Å². The predicted molar refractivity (Wildman–Crippen MR) is 114 cm³/mol. The van der Waals surface area contributed by atoms with E-state index in [4.69, 9.17) is 0 Å². The summed E-state index contributed by atoms with van der Waals surface area (Å²) in [5.74, 6) is 4.23. The number of unbranched alkanes of at least 4 members (excludes halogenated alkanes) is 3. The van der Waals surface area contributed by atoms with Crippen LogP contribution in [0.5, 0.6) is 0 Å². The molecule has 0 saturated carbocycles. The summed E-state index contributed by atoms with van der Waals surface area (Å²) < 4.78 is 27.8. The van der Waals surface area contributed by atoms with E-state index in [0.717, 1.165) is 30.5 Å². The van der Waals surface area contributed by atoms with Gasteiger partial charge in [0.25, 0.3) is 0 Å². The van der Waals surface area contributed by atoms with E-state index in [2.05, 4.69) is 54.2 Å². The quantitative estimate of drug-likeness (QED) is 0.223. The van der Waals surface area contributed by atoms with Crippen LogP contribution in [0.25, 0.3) is 6.08 Å². The van der Waals surface area contributed by atoms with Gasteiger partial charge in [-0.1, -0.05) is 55.7 Å². The number of rotatable bonds is 6. The lowest BCUT2D eigenvalue weighted by Crippen LogP contribution is -1.88. The van der Waals surface area contributed by atoms with E-state index in [1.807, 2.05) is 11.2 Å². The van der Waals surface area contributed by atoms with Crippen molar-refractivity contribution in [3.05, 3.63) is 69.8 Å². The molecule has 1 aliphatic rings. The summed E-state index contributed by atoms with van der Waals surface area (Å²) in [4.78, 5) is 3.40. The first-order valence-corrected chi connectivity index (χ1v) is 9.93. The smallest absolute Gasteiger partial charge is 0.153 e. The summed E-state index contributed by atoms with van der Waals surface area (Å²) in [6.45, 7) is 2.22. The third-order valence-corrected chi connectivity index (χ3v) is 4.89. The Morgan fingerprint density at radius 1 is 1.00 bits per heavy atom. The Bertz CT molecular complexity index is 998. The molecule has 0 N–H and O–H groups in total. The first-order valence-electron chi connectivity index (χ1n) is 9.52. The van der Waals surface area contributed by atoms with Gasteiger partial charge >= 0.3 is 0 Å². The molecule has 0 bridgehead atoms. The van der Waals surface area contributed by atoms with Crippen LogP contribution in [-0.4, -0.2) is 5.16 Å². The molecule has 0 aliphatic heterocycles. The minimum Gasteiger partial charge on any atom is -0.204 e. The molecule has 0 saturated heterocycles. The highest BCUT2D eigenvalue weighted by Gasteiger charge is 2.13. The second-order valence-electron chi connectivity index (χ2n) is 6.95. The first kappa shape index (κ1) is 20.1. The predicted octanol–water partition coefficient (Wildman–Crippen LogP) is 7.01. The maximum absolute atomic E-state index is 13.9. The van der Waals surface area contributed by atoms with Crippen molar-refractivity contribution in [2.45, 2.75) is 45.4 Å². The lowest BCUT2D eigenvalue weighted by molar-refractivity contribution is 0.587. The normalized spacial score (nSPS) is 11.9. The Balaban J connectivity index is 1.71. The summed E-state index contributed by atoms with van der Waals surface area (Å²) in [7, 11) is 0. The van der Waals surface area contributed by atoms with E-state index < -0.39 is 17.3 Å². The van der Waals surface area contributed by atoms with Gasteiger partial charge in [-0.25, -0.2) is 8.78 Å². The molecule has 0 heterocycles. The molecule has 0 atom stereocenters. The van der Waals surface area contributed by atoms with Gasteiger partial charge in [-0.2, -0.15) is 4.99 Å².